The highest BCUT2D eigenvalue weighted by Gasteiger charge is 2.26. The zero-order valence-corrected chi connectivity index (χ0v) is 16.8. The highest BCUT2D eigenvalue weighted by Crippen LogP contribution is 2.33. The number of nitrogens with one attached hydrogen (secondary N) is 1. The van der Waals surface area contributed by atoms with Gasteiger partial charge >= 0.3 is 0 Å². The van der Waals surface area contributed by atoms with E-state index in [2.05, 4.69) is 40.1 Å². The molecule has 29 heavy (non-hydrogen) atoms. The molecule has 3 aromatic rings. The van der Waals surface area contributed by atoms with Crippen LogP contribution in [-0.2, 0) is 4.74 Å². The largest absolute Gasteiger partial charge is 0.437 e. The molecule has 6 nitrogen and oxygen atoms in total. The molecule has 1 fully saturated rings. The Labute approximate surface area is 171 Å². The molecule has 2 aromatic heterocycles. The summed E-state index contributed by atoms with van der Waals surface area (Å²) >= 11 is 0. The van der Waals surface area contributed by atoms with Gasteiger partial charge in [0, 0.05) is 31.2 Å². The van der Waals surface area contributed by atoms with Gasteiger partial charge in [0.05, 0.1) is 12.2 Å². The summed E-state index contributed by atoms with van der Waals surface area (Å²) < 4.78 is 12.1. The number of hydrogen-bond donors (Lipinski definition) is 1. The molecule has 150 valence electrons. The maximum Gasteiger partial charge on any atom is 0.243 e. The van der Waals surface area contributed by atoms with Gasteiger partial charge in [-0.1, -0.05) is 6.07 Å². The van der Waals surface area contributed by atoms with E-state index in [0.717, 1.165) is 42.5 Å². The van der Waals surface area contributed by atoms with Crippen molar-refractivity contribution in [3.8, 4) is 11.6 Å². The summed E-state index contributed by atoms with van der Waals surface area (Å²) in [6, 6.07) is 17.6. The van der Waals surface area contributed by atoms with E-state index < -0.39 is 0 Å². The molecule has 0 saturated carbocycles. The zero-order valence-electron chi connectivity index (χ0n) is 16.8. The summed E-state index contributed by atoms with van der Waals surface area (Å²) in [5.74, 6) is 2.16. The molecule has 1 saturated heterocycles. The van der Waals surface area contributed by atoms with Crippen LogP contribution in [-0.4, -0.2) is 35.3 Å². The van der Waals surface area contributed by atoms with Gasteiger partial charge < -0.3 is 19.7 Å². The van der Waals surface area contributed by atoms with Crippen molar-refractivity contribution in [3.05, 3.63) is 67.0 Å². The molecule has 3 heterocycles. The minimum Gasteiger partial charge on any atom is -0.437 e. The number of anilines is 3. The second-order valence-electron chi connectivity index (χ2n) is 7.34. The van der Waals surface area contributed by atoms with Crippen LogP contribution in [0.25, 0.3) is 0 Å². The number of hydrogen-bond acceptors (Lipinski definition) is 6. The number of rotatable bonds is 7. The average Bonchev–Trinajstić information content (AvgIpc) is 3.18. The van der Waals surface area contributed by atoms with Crippen molar-refractivity contribution >= 4 is 17.2 Å². The fourth-order valence-electron chi connectivity index (χ4n) is 3.45. The summed E-state index contributed by atoms with van der Waals surface area (Å²) in [5.41, 5.74) is 1.95. The highest BCUT2D eigenvalue weighted by atomic mass is 16.5. The summed E-state index contributed by atoms with van der Waals surface area (Å²) in [6.07, 6.45) is 5.02. The lowest BCUT2D eigenvalue weighted by atomic mass is 10.3. The lowest BCUT2D eigenvalue weighted by molar-refractivity contribution is 0.0210. The first kappa shape index (κ1) is 19.2. The van der Waals surface area contributed by atoms with Gasteiger partial charge in [-0.15, -0.1) is 0 Å². The third kappa shape index (κ3) is 5.03. The number of aromatic nitrogens is 2. The molecule has 0 spiro atoms. The Morgan fingerprint density at radius 1 is 1.00 bits per heavy atom. The molecule has 1 N–H and O–H groups in total. The van der Waals surface area contributed by atoms with Gasteiger partial charge in [0.15, 0.2) is 0 Å². The molecule has 4 rings (SSSR count). The lowest BCUT2D eigenvalue weighted by Crippen LogP contribution is -2.25. The smallest absolute Gasteiger partial charge is 0.243 e. The van der Waals surface area contributed by atoms with Crippen LogP contribution in [0.15, 0.2) is 67.0 Å². The van der Waals surface area contributed by atoms with Crippen LogP contribution in [0.1, 0.15) is 20.3 Å². The molecular weight excluding hydrogens is 364 g/mol. The topological polar surface area (TPSA) is 59.5 Å². The van der Waals surface area contributed by atoms with Gasteiger partial charge in [-0.05, 0) is 68.8 Å². The van der Waals surface area contributed by atoms with Crippen molar-refractivity contribution in [1.82, 2.24) is 9.97 Å². The summed E-state index contributed by atoms with van der Waals surface area (Å²) in [5, 5.41) is 3.27. The van der Waals surface area contributed by atoms with Gasteiger partial charge in [0.1, 0.15) is 17.3 Å². The van der Waals surface area contributed by atoms with Gasteiger partial charge in [0.2, 0.25) is 5.88 Å². The van der Waals surface area contributed by atoms with Gasteiger partial charge in [0.25, 0.3) is 0 Å². The molecule has 1 aliphatic rings. The molecule has 0 amide bonds. The average molecular weight is 390 g/mol. The standard InChI is InChI=1S/C23H26N4O2/c1-17(2)28-20-12-15-27(16-20)21-6-5-14-25-23(21)29-19-10-8-18(9-11-19)26-22-7-3-4-13-24-22/h3-11,13-14,17,20H,12,15-16H2,1-2H3,(H,24,26). The van der Waals surface area contributed by atoms with Crippen LogP contribution in [0, 0.1) is 0 Å². The predicted molar refractivity (Wildman–Crippen MR) is 115 cm³/mol. The highest BCUT2D eigenvalue weighted by molar-refractivity contribution is 5.59. The quantitative estimate of drug-likeness (QED) is 0.611. The molecule has 1 aromatic carbocycles. The summed E-state index contributed by atoms with van der Waals surface area (Å²) in [7, 11) is 0. The molecule has 1 aliphatic heterocycles. The van der Waals surface area contributed by atoms with Crippen molar-refractivity contribution in [2.24, 2.45) is 0 Å². The first-order valence-electron chi connectivity index (χ1n) is 9.99. The second kappa shape index (κ2) is 8.92. The monoisotopic (exact) mass is 390 g/mol. The molecule has 0 radical (unpaired) electrons. The Bertz CT molecular complexity index is 916. The van der Waals surface area contributed by atoms with Crippen LogP contribution in [0.4, 0.5) is 17.2 Å². The Kier molecular flexibility index (Phi) is 5.91. The molecule has 0 aliphatic carbocycles. The first-order valence-corrected chi connectivity index (χ1v) is 9.99. The number of ether oxygens (including phenoxy) is 2. The Balaban J connectivity index is 1.43. The Morgan fingerprint density at radius 2 is 1.83 bits per heavy atom. The van der Waals surface area contributed by atoms with Crippen molar-refractivity contribution in [2.45, 2.75) is 32.5 Å². The van der Waals surface area contributed by atoms with Gasteiger partial charge in [-0.2, -0.15) is 0 Å². The van der Waals surface area contributed by atoms with E-state index in [1.165, 1.54) is 0 Å². The van der Waals surface area contributed by atoms with E-state index in [1.54, 1.807) is 12.4 Å². The number of nitrogens with zero attached hydrogens (tertiary/aromatic N) is 3. The molecule has 1 unspecified atom stereocenters. The van der Waals surface area contributed by atoms with Crippen molar-refractivity contribution in [3.63, 3.8) is 0 Å². The number of benzene rings is 1. The normalized spacial score (nSPS) is 16.2. The second-order valence-corrected chi connectivity index (χ2v) is 7.34. The fourth-order valence-corrected chi connectivity index (χ4v) is 3.45. The van der Waals surface area contributed by atoms with Crippen LogP contribution in [0.2, 0.25) is 0 Å². The molecule has 0 bridgehead atoms. The third-order valence-electron chi connectivity index (χ3n) is 4.71. The van der Waals surface area contributed by atoms with E-state index in [9.17, 15) is 0 Å². The Hall–Kier alpha value is -3.12. The maximum atomic E-state index is 6.11. The van der Waals surface area contributed by atoms with Crippen LogP contribution in [0.3, 0.4) is 0 Å². The van der Waals surface area contributed by atoms with E-state index >= 15 is 0 Å². The first-order chi connectivity index (χ1) is 14.2. The van der Waals surface area contributed by atoms with Crippen molar-refractivity contribution in [1.29, 1.82) is 0 Å². The summed E-state index contributed by atoms with van der Waals surface area (Å²) in [4.78, 5) is 11.0. The SMILES string of the molecule is CC(C)OC1CCN(c2cccnc2Oc2ccc(Nc3ccccn3)cc2)C1. The maximum absolute atomic E-state index is 6.11. The molecule has 6 heteroatoms. The molecular formula is C23H26N4O2. The van der Waals surface area contributed by atoms with E-state index in [0.29, 0.717) is 5.88 Å². The van der Waals surface area contributed by atoms with Crippen LogP contribution in [0.5, 0.6) is 11.6 Å². The van der Waals surface area contributed by atoms with Crippen LogP contribution >= 0.6 is 0 Å². The zero-order chi connectivity index (χ0) is 20.1. The predicted octanol–water partition coefficient (Wildman–Crippen LogP) is 5.02. The van der Waals surface area contributed by atoms with Gasteiger partial charge in [-0.25, -0.2) is 9.97 Å². The van der Waals surface area contributed by atoms with Crippen molar-refractivity contribution in [2.75, 3.05) is 23.3 Å². The third-order valence-corrected chi connectivity index (χ3v) is 4.71. The van der Waals surface area contributed by atoms with E-state index in [1.807, 2.05) is 48.5 Å². The Morgan fingerprint density at radius 3 is 2.59 bits per heavy atom. The van der Waals surface area contributed by atoms with Gasteiger partial charge in [-0.3, -0.25) is 0 Å². The lowest BCUT2D eigenvalue weighted by Gasteiger charge is -2.21. The fraction of sp³-hybridized carbons (Fsp3) is 0.304. The minimum atomic E-state index is 0.239. The van der Waals surface area contributed by atoms with Crippen LogP contribution < -0.4 is 15.0 Å². The van der Waals surface area contributed by atoms with E-state index in [4.69, 9.17) is 9.47 Å². The summed E-state index contributed by atoms with van der Waals surface area (Å²) in [6.45, 7) is 5.95. The minimum absolute atomic E-state index is 0.239. The number of pyridine rings is 2. The van der Waals surface area contributed by atoms with E-state index in [-0.39, 0.29) is 12.2 Å². The van der Waals surface area contributed by atoms with Crippen molar-refractivity contribution < 1.29 is 9.47 Å². The molecule has 1 atom stereocenters.